The van der Waals surface area contributed by atoms with Crippen molar-refractivity contribution in [3.63, 3.8) is 0 Å². The summed E-state index contributed by atoms with van der Waals surface area (Å²) in [5.41, 5.74) is 1.37. The Morgan fingerprint density at radius 3 is 2.43 bits per heavy atom. The van der Waals surface area contributed by atoms with Gasteiger partial charge >= 0.3 is 18.9 Å². The standard InChI is InChI=1S/C12H18N.Li/c1-3-10-13-12(4-2)11-8-6-5-7-9-11;/h5-9,12-13H,1,3-4,10H2,2H3;/q-1;+1. The summed E-state index contributed by atoms with van der Waals surface area (Å²) < 4.78 is 0. The van der Waals surface area contributed by atoms with Crippen LogP contribution in [0.4, 0.5) is 0 Å². The predicted molar refractivity (Wildman–Crippen MR) is 57.5 cm³/mol. The van der Waals surface area contributed by atoms with E-state index in [9.17, 15) is 0 Å². The van der Waals surface area contributed by atoms with Crippen LogP contribution in [0.1, 0.15) is 31.4 Å². The third kappa shape index (κ3) is 4.33. The molecule has 0 bridgehead atoms. The maximum atomic E-state index is 3.82. The SMILES string of the molecule is [CH2-]CCNC(CC)c1ccccc1.[Li+]. The van der Waals surface area contributed by atoms with E-state index in [1.165, 1.54) is 5.56 Å². The fraction of sp³-hybridized carbons (Fsp3) is 0.417. The van der Waals surface area contributed by atoms with Crippen molar-refractivity contribution < 1.29 is 18.9 Å². The molecule has 0 aliphatic heterocycles. The number of hydrogen-bond acceptors (Lipinski definition) is 1. The molecule has 0 aromatic heterocycles. The Kier molecular flexibility index (Phi) is 7.99. The van der Waals surface area contributed by atoms with Crippen molar-refractivity contribution in [1.82, 2.24) is 5.32 Å². The Morgan fingerprint density at radius 1 is 1.29 bits per heavy atom. The maximum absolute atomic E-state index is 3.82. The summed E-state index contributed by atoms with van der Waals surface area (Å²) in [5, 5.41) is 3.47. The van der Waals surface area contributed by atoms with Crippen molar-refractivity contribution in [3.05, 3.63) is 42.8 Å². The van der Waals surface area contributed by atoms with E-state index >= 15 is 0 Å². The molecule has 2 heteroatoms. The van der Waals surface area contributed by atoms with Gasteiger partial charge in [-0.2, -0.15) is 6.42 Å². The van der Waals surface area contributed by atoms with Crippen LogP contribution in [0.3, 0.4) is 0 Å². The molecule has 0 amide bonds. The summed E-state index contributed by atoms with van der Waals surface area (Å²) in [5.74, 6) is 0. The zero-order valence-electron chi connectivity index (χ0n) is 9.29. The van der Waals surface area contributed by atoms with Crippen LogP contribution >= 0.6 is 0 Å². The minimum Gasteiger partial charge on any atom is -0.342 e. The van der Waals surface area contributed by atoms with Gasteiger partial charge < -0.3 is 12.2 Å². The average molecular weight is 183 g/mol. The molecule has 1 aromatic rings. The Bertz CT molecular complexity index is 223. The van der Waals surface area contributed by atoms with E-state index in [4.69, 9.17) is 0 Å². The smallest absolute Gasteiger partial charge is 0.342 e. The van der Waals surface area contributed by atoms with Gasteiger partial charge in [0.05, 0.1) is 0 Å². The summed E-state index contributed by atoms with van der Waals surface area (Å²) >= 11 is 0. The molecule has 1 rings (SSSR count). The largest absolute Gasteiger partial charge is 1.00 e. The minimum atomic E-state index is 0. The van der Waals surface area contributed by atoms with Crippen molar-refractivity contribution in [2.45, 2.75) is 25.8 Å². The Labute approximate surface area is 99.5 Å². The second kappa shape index (κ2) is 8.12. The van der Waals surface area contributed by atoms with E-state index in [2.05, 4.69) is 49.5 Å². The van der Waals surface area contributed by atoms with Crippen molar-refractivity contribution in [2.75, 3.05) is 6.54 Å². The van der Waals surface area contributed by atoms with Gasteiger partial charge in [0.1, 0.15) is 0 Å². The fourth-order valence-electron chi connectivity index (χ4n) is 1.46. The van der Waals surface area contributed by atoms with Crippen molar-refractivity contribution in [2.24, 2.45) is 0 Å². The second-order valence-electron chi connectivity index (χ2n) is 3.18. The molecule has 0 heterocycles. The van der Waals surface area contributed by atoms with Crippen LogP contribution in [0.15, 0.2) is 30.3 Å². The first kappa shape index (κ1) is 13.8. The maximum Gasteiger partial charge on any atom is 1.00 e. The third-order valence-corrected chi connectivity index (χ3v) is 2.18. The Hall–Kier alpha value is -0.223. The number of nitrogens with one attached hydrogen (secondary N) is 1. The van der Waals surface area contributed by atoms with Crippen LogP contribution in [0.2, 0.25) is 0 Å². The zero-order chi connectivity index (χ0) is 9.52. The van der Waals surface area contributed by atoms with Gasteiger partial charge in [-0.3, -0.25) is 0 Å². The van der Waals surface area contributed by atoms with Crippen molar-refractivity contribution >= 4 is 0 Å². The Balaban J connectivity index is 0.00000169. The Morgan fingerprint density at radius 2 is 1.93 bits per heavy atom. The van der Waals surface area contributed by atoms with Crippen molar-refractivity contribution in [3.8, 4) is 0 Å². The van der Waals surface area contributed by atoms with E-state index < -0.39 is 0 Å². The first-order valence-electron chi connectivity index (χ1n) is 4.96. The van der Waals surface area contributed by atoms with Crippen LogP contribution in [0.5, 0.6) is 0 Å². The van der Waals surface area contributed by atoms with E-state index in [-0.39, 0.29) is 18.9 Å². The van der Waals surface area contributed by atoms with Crippen LogP contribution < -0.4 is 24.2 Å². The van der Waals surface area contributed by atoms with Crippen LogP contribution in [0, 0.1) is 6.92 Å². The van der Waals surface area contributed by atoms with Gasteiger partial charge in [0.25, 0.3) is 0 Å². The molecule has 0 saturated heterocycles. The summed E-state index contributed by atoms with van der Waals surface area (Å²) in [4.78, 5) is 0. The quantitative estimate of drug-likeness (QED) is 0.499. The molecule has 1 unspecified atom stereocenters. The molecule has 1 nitrogen and oxygen atoms in total. The minimum absolute atomic E-state index is 0. The molecule has 72 valence electrons. The van der Waals surface area contributed by atoms with Crippen LogP contribution in [-0.4, -0.2) is 6.54 Å². The molecule has 14 heavy (non-hydrogen) atoms. The summed E-state index contributed by atoms with van der Waals surface area (Å²) in [6, 6.07) is 11.1. The van der Waals surface area contributed by atoms with Crippen LogP contribution in [-0.2, 0) is 0 Å². The zero-order valence-corrected chi connectivity index (χ0v) is 9.29. The summed E-state index contributed by atoms with van der Waals surface area (Å²) in [6.45, 7) is 7.02. The second-order valence-corrected chi connectivity index (χ2v) is 3.18. The molecule has 0 radical (unpaired) electrons. The van der Waals surface area contributed by atoms with Gasteiger partial charge in [0, 0.05) is 6.04 Å². The van der Waals surface area contributed by atoms with Gasteiger partial charge in [-0.15, -0.1) is 0 Å². The third-order valence-electron chi connectivity index (χ3n) is 2.18. The molecule has 1 aromatic carbocycles. The van der Waals surface area contributed by atoms with E-state index in [1.807, 2.05) is 0 Å². The topological polar surface area (TPSA) is 12.0 Å². The molecule has 0 aliphatic rings. The molecule has 0 aliphatic carbocycles. The predicted octanol–water partition coefficient (Wildman–Crippen LogP) is -0.0445. The number of benzene rings is 1. The first-order valence-corrected chi connectivity index (χ1v) is 4.96. The molecule has 0 saturated carbocycles. The molecule has 0 spiro atoms. The monoisotopic (exact) mass is 183 g/mol. The number of hydrogen-bond donors (Lipinski definition) is 1. The number of rotatable bonds is 5. The summed E-state index contributed by atoms with van der Waals surface area (Å²) in [6.07, 6.45) is 2.08. The van der Waals surface area contributed by atoms with Crippen LogP contribution in [0.25, 0.3) is 0 Å². The normalized spacial score (nSPS) is 11.9. The first-order chi connectivity index (χ1) is 6.38. The fourth-order valence-corrected chi connectivity index (χ4v) is 1.46. The van der Waals surface area contributed by atoms with Gasteiger partial charge in [0.15, 0.2) is 0 Å². The molecule has 1 atom stereocenters. The molecular formula is C12H18LiN. The summed E-state index contributed by atoms with van der Waals surface area (Å²) in [7, 11) is 0. The average Bonchev–Trinajstić information content (AvgIpc) is 2.21. The van der Waals surface area contributed by atoms with E-state index in [0.717, 1.165) is 19.4 Å². The molecule has 1 N–H and O–H groups in total. The van der Waals surface area contributed by atoms with Gasteiger partial charge in [0.2, 0.25) is 0 Å². The van der Waals surface area contributed by atoms with Crippen molar-refractivity contribution in [1.29, 1.82) is 0 Å². The van der Waals surface area contributed by atoms with Gasteiger partial charge in [-0.1, -0.05) is 37.3 Å². The van der Waals surface area contributed by atoms with E-state index in [0.29, 0.717) is 6.04 Å². The van der Waals surface area contributed by atoms with Gasteiger partial charge in [-0.05, 0) is 18.5 Å². The van der Waals surface area contributed by atoms with E-state index in [1.54, 1.807) is 0 Å². The molecular weight excluding hydrogens is 165 g/mol. The van der Waals surface area contributed by atoms with Gasteiger partial charge in [-0.25, -0.2) is 0 Å². The molecule has 0 fully saturated rings.